The minimum absolute atomic E-state index is 0.134. The van der Waals surface area contributed by atoms with Crippen LogP contribution in [0.1, 0.15) is 11.8 Å². The van der Waals surface area contributed by atoms with Gasteiger partial charge in [0.15, 0.2) is 9.84 Å². The maximum absolute atomic E-state index is 12.0. The van der Waals surface area contributed by atoms with Crippen LogP contribution in [0.2, 0.25) is 4.34 Å². The molecule has 0 spiro atoms. The summed E-state index contributed by atoms with van der Waals surface area (Å²) >= 11 is 7.56. The molecule has 2 atom stereocenters. The van der Waals surface area contributed by atoms with Gasteiger partial charge in [-0.3, -0.25) is 9.80 Å². The molecule has 112 valence electrons. The molecule has 0 aliphatic carbocycles. The van der Waals surface area contributed by atoms with Crippen LogP contribution in [0, 0.1) is 0 Å². The zero-order chi connectivity index (χ0) is 14.3. The third-order valence-electron chi connectivity index (χ3n) is 4.30. The third-order valence-corrected chi connectivity index (χ3v) is 7.21. The fourth-order valence-corrected chi connectivity index (χ4v) is 6.48. The summed E-state index contributed by atoms with van der Waals surface area (Å²) < 4.78 is 24.8. The fourth-order valence-electron chi connectivity index (χ4n) is 3.32. The van der Waals surface area contributed by atoms with Gasteiger partial charge in [-0.25, -0.2) is 8.42 Å². The van der Waals surface area contributed by atoms with Crippen molar-refractivity contribution in [3.63, 3.8) is 0 Å². The number of rotatable bonds is 3. The number of sulfone groups is 1. The van der Waals surface area contributed by atoms with E-state index in [-0.39, 0.29) is 12.1 Å². The van der Waals surface area contributed by atoms with Crippen molar-refractivity contribution in [3.8, 4) is 0 Å². The van der Waals surface area contributed by atoms with E-state index in [9.17, 15) is 8.42 Å². The quantitative estimate of drug-likeness (QED) is 0.843. The normalized spacial score (nSPS) is 30.5. The second kappa shape index (κ2) is 5.57. The second-order valence-corrected chi connectivity index (χ2v) is 9.47. The summed E-state index contributed by atoms with van der Waals surface area (Å²) in [6.45, 7) is 5.73. The lowest BCUT2D eigenvalue weighted by molar-refractivity contribution is 0.0445. The highest BCUT2D eigenvalue weighted by atomic mass is 35.5. The van der Waals surface area contributed by atoms with E-state index >= 15 is 0 Å². The summed E-state index contributed by atoms with van der Waals surface area (Å²) in [6.07, 6.45) is 0. The van der Waals surface area contributed by atoms with Crippen LogP contribution >= 0.6 is 22.9 Å². The van der Waals surface area contributed by atoms with Gasteiger partial charge < -0.3 is 0 Å². The molecule has 0 N–H and O–H groups in total. The molecule has 4 nitrogen and oxygen atoms in total. The van der Waals surface area contributed by atoms with Gasteiger partial charge >= 0.3 is 0 Å². The Morgan fingerprint density at radius 3 is 2.50 bits per heavy atom. The molecule has 0 bridgehead atoms. The molecule has 1 aromatic heterocycles. The molecule has 1 aromatic rings. The average Bonchev–Trinajstić information content (AvgIpc) is 2.92. The first-order valence-corrected chi connectivity index (χ1v) is 9.93. The van der Waals surface area contributed by atoms with Crippen LogP contribution < -0.4 is 0 Å². The van der Waals surface area contributed by atoms with Crippen molar-refractivity contribution in [2.24, 2.45) is 0 Å². The Kier molecular flexibility index (Phi) is 4.12. The highest BCUT2D eigenvalue weighted by Crippen LogP contribution is 2.30. The first kappa shape index (κ1) is 14.8. The van der Waals surface area contributed by atoms with Crippen molar-refractivity contribution < 1.29 is 8.42 Å². The van der Waals surface area contributed by atoms with Crippen molar-refractivity contribution in [1.82, 2.24) is 9.80 Å². The van der Waals surface area contributed by atoms with Gasteiger partial charge in [-0.05, 0) is 18.7 Å². The summed E-state index contributed by atoms with van der Waals surface area (Å²) in [5, 5.41) is 0. The highest BCUT2D eigenvalue weighted by molar-refractivity contribution is 7.91. The van der Waals surface area contributed by atoms with Crippen LogP contribution in [-0.4, -0.2) is 61.4 Å². The zero-order valence-corrected chi connectivity index (χ0v) is 13.8. The van der Waals surface area contributed by atoms with Crippen molar-refractivity contribution in [3.05, 3.63) is 21.3 Å². The summed E-state index contributed by atoms with van der Waals surface area (Å²) in [5.74, 6) is 0.612. The van der Waals surface area contributed by atoms with Gasteiger partial charge in [0.1, 0.15) is 0 Å². The molecule has 0 amide bonds. The van der Waals surface area contributed by atoms with Gasteiger partial charge in [0, 0.05) is 36.6 Å². The second-order valence-electron chi connectivity index (χ2n) is 5.52. The van der Waals surface area contributed by atoms with Crippen LogP contribution in [0.4, 0.5) is 0 Å². The van der Waals surface area contributed by atoms with Crippen LogP contribution in [0.15, 0.2) is 12.1 Å². The number of halogens is 1. The Morgan fingerprint density at radius 1 is 1.25 bits per heavy atom. The Hall–Kier alpha value is -0.140. The van der Waals surface area contributed by atoms with Crippen molar-refractivity contribution in [1.29, 1.82) is 0 Å². The maximum atomic E-state index is 12.0. The SMILES string of the molecule is CCN1CCN(Cc2ccc(Cl)s2)[C@H]2CS(=O)(=O)C[C@H]21. The molecule has 3 rings (SSSR count). The molecule has 2 aliphatic heterocycles. The van der Waals surface area contributed by atoms with Gasteiger partial charge in [0.2, 0.25) is 0 Å². The number of nitrogens with zero attached hydrogens (tertiary/aromatic N) is 2. The number of likely N-dealkylation sites (N-methyl/N-ethyl adjacent to an activating group) is 1. The highest BCUT2D eigenvalue weighted by Gasteiger charge is 2.45. The van der Waals surface area contributed by atoms with Gasteiger partial charge in [-0.15, -0.1) is 11.3 Å². The Labute approximate surface area is 129 Å². The van der Waals surface area contributed by atoms with E-state index < -0.39 is 9.84 Å². The number of piperazine rings is 1. The minimum Gasteiger partial charge on any atom is -0.297 e. The largest absolute Gasteiger partial charge is 0.297 e. The molecule has 2 aliphatic rings. The molecule has 3 heterocycles. The molecule has 7 heteroatoms. The van der Waals surface area contributed by atoms with E-state index in [1.807, 2.05) is 12.1 Å². The van der Waals surface area contributed by atoms with Crippen molar-refractivity contribution in [2.45, 2.75) is 25.6 Å². The molecule has 2 saturated heterocycles. The van der Waals surface area contributed by atoms with Gasteiger partial charge in [-0.1, -0.05) is 18.5 Å². The first-order chi connectivity index (χ1) is 9.48. The van der Waals surface area contributed by atoms with Gasteiger partial charge in [0.25, 0.3) is 0 Å². The standard InChI is InChI=1S/C13H19ClN2O2S2/c1-2-15-5-6-16(7-10-3-4-13(14)19-10)12-9-20(17,18)8-11(12)15/h3-4,11-12H,2,5-9H2,1H3/t11-,12+/m1/s1. The summed E-state index contributed by atoms with van der Waals surface area (Å²) in [4.78, 5) is 5.85. The molecule has 0 saturated carbocycles. The molecule has 0 unspecified atom stereocenters. The number of hydrogen-bond donors (Lipinski definition) is 0. The summed E-state index contributed by atoms with van der Waals surface area (Å²) in [5.41, 5.74) is 0. The fraction of sp³-hybridized carbons (Fsp3) is 0.692. The molecule has 0 radical (unpaired) electrons. The zero-order valence-electron chi connectivity index (χ0n) is 11.5. The summed E-state index contributed by atoms with van der Waals surface area (Å²) in [6, 6.07) is 4.24. The Balaban J connectivity index is 1.79. The van der Waals surface area contributed by atoms with Gasteiger partial charge in [0.05, 0.1) is 15.8 Å². The topological polar surface area (TPSA) is 40.6 Å². The molecule has 20 heavy (non-hydrogen) atoms. The van der Waals surface area contributed by atoms with E-state index in [1.165, 1.54) is 4.88 Å². The van der Waals surface area contributed by atoms with Crippen LogP contribution in [-0.2, 0) is 16.4 Å². The van der Waals surface area contributed by atoms with Crippen molar-refractivity contribution >= 4 is 32.8 Å². The van der Waals surface area contributed by atoms with Crippen molar-refractivity contribution in [2.75, 3.05) is 31.1 Å². The van der Waals surface area contributed by atoms with Crippen LogP contribution in [0.25, 0.3) is 0 Å². The number of hydrogen-bond acceptors (Lipinski definition) is 5. The monoisotopic (exact) mass is 334 g/mol. The lowest BCUT2D eigenvalue weighted by Crippen LogP contribution is -2.58. The molecule has 0 aromatic carbocycles. The number of thiophene rings is 1. The van der Waals surface area contributed by atoms with E-state index in [0.29, 0.717) is 11.5 Å². The van der Waals surface area contributed by atoms with E-state index in [1.54, 1.807) is 11.3 Å². The number of fused-ring (bicyclic) bond motifs is 1. The molecular weight excluding hydrogens is 316 g/mol. The Morgan fingerprint density at radius 2 is 1.90 bits per heavy atom. The minimum atomic E-state index is -2.90. The predicted octanol–water partition coefficient (Wildman–Crippen LogP) is 1.70. The first-order valence-electron chi connectivity index (χ1n) is 6.91. The lowest BCUT2D eigenvalue weighted by Gasteiger charge is -2.43. The molecule has 2 fully saturated rings. The third kappa shape index (κ3) is 2.90. The maximum Gasteiger partial charge on any atom is 0.153 e. The molecular formula is C13H19ClN2O2S2. The summed E-state index contributed by atoms with van der Waals surface area (Å²) in [7, 11) is -2.90. The predicted molar refractivity (Wildman–Crippen MR) is 83.2 cm³/mol. The van der Waals surface area contributed by atoms with E-state index in [0.717, 1.165) is 30.5 Å². The smallest absolute Gasteiger partial charge is 0.153 e. The van der Waals surface area contributed by atoms with Crippen LogP contribution in [0.5, 0.6) is 0 Å². The van der Waals surface area contributed by atoms with E-state index in [4.69, 9.17) is 11.6 Å². The lowest BCUT2D eigenvalue weighted by atomic mass is 10.0. The van der Waals surface area contributed by atoms with Crippen LogP contribution in [0.3, 0.4) is 0 Å². The van der Waals surface area contributed by atoms with E-state index in [2.05, 4.69) is 16.7 Å². The van der Waals surface area contributed by atoms with Gasteiger partial charge in [-0.2, -0.15) is 0 Å². The average molecular weight is 335 g/mol. The Bertz CT molecular complexity index is 587.